The Bertz CT molecular complexity index is 1030. The molecule has 2 aromatic rings. The molecule has 1 unspecified atom stereocenters. The van der Waals surface area contributed by atoms with Crippen LogP contribution in [0.4, 0.5) is 32.0 Å². The minimum Gasteiger partial charge on any atom is -0.385 e. The zero-order valence-electron chi connectivity index (χ0n) is 19.7. The fourth-order valence-electron chi connectivity index (χ4n) is 4.58. The van der Waals surface area contributed by atoms with Gasteiger partial charge in [0.15, 0.2) is 0 Å². The molecule has 2 aromatic carbocycles. The number of benzene rings is 2. The summed E-state index contributed by atoms with van der Waals surface area (Å²) >= 11 is 0. The molecule has 0 aromatic heterocycles. The van der Waals surface area contributed by atoms with E-state index in [-0.39, 0.29) is 11.8 Å². The van der Waals surface area contributed by atoms with E-state index in [1.807, 2.05) is 4.90 Å². The molecule has 0 spiro atoms. The number of carbonyl (C=O) groups is 1. The number of hydrogen-bond acceptors (Lipinski definition) is 4. The third-order valence-corrected chi connectivity index (χ3v) is 6.77. The van der Waals surface area contributed by atoms with Crippen molar-refractivity contribution < 1.29 is 41.4 Å². The third kappa shape index (κ3) is 5.68. The number of hydrogen-bond donors (Lipinski definition) is 3. The Balaban J connectivity index is 1.63. The summed E-state index contributed by atoms with van der Waals surface area (Å²) in [4.78, 5) is 13.2. The lowest BCUT2D eigenvalue weighted by Crippen LogP contribution is -2.53. The molecule has 1 aliphatic heterocycles. The topological polar surface area (TPSA) is 72.8 Å². The molecule has 0 aliphatic carbocycles. The second kappa shape index (κ2) is 10.0. The number of alkyl halides is 6. The van der Waals surface area contributed by atoms with Crippen LogP contribution in [0.25, 0.3) is 0 Å². The van der Waals surface area contributed by atoms with Gasteiger partial charge in [0, 0.05) is 24.7 Å². The van der Waals surface area contributed by atoms with Crippen LogP contribution < -0.4 is 5.32 Å². The van der Waals surface area contributed by atoms with Crippen molar-refractivity contribution in [1.82, 2.24) is 4.90 Å². The maximum atomic E-state index is 13.1. The number of likely N-dealkylation sites (tertiary alicyclic amines) is 1. The number of aliphatic hydroxyl groups is 2. The highest BCUT2D eigenvalue weighted by molar-refractivity contribution is 5.88. The minimum atomic E-state index is -5.92. The molecule has 1 saturated heterocycles. The van der Waals surface area contributed by atoms with E-state index in [1.165, 1.54) is 6.92 Å². The van der Waals surface area contributed by atoms with Crippen molar-refractivity contribution >= 4 is 11.6 Å². The summed E-state index contributed by atoms with van der Waals surface area (Å²) in [6, 6.07) is 10.5. The van der Waals surface area contributed by atoms with Crippen LogP contribution >= 0.6 is 0 Å². The van der Waals surface area contributed by atoms with Gasteiger partial charge in [0.25, 0.3) is 5.60 Å². The van der Waals surface area contributed by atoms with Gasteiger partial charge in [-0.3, -0.25) is 9.69 Å². The van der Waals surface area contributed by atoms with Crippen LogP contribution in [0.15, 0.2) is 48.5 Å². The van der Waals surface area contributed by atoms with Crippen LogP contribution in [-0.4, -0.2) is 46.5 Å². The zero-order chi connectivity index (χ0) is 26.9. The lowest BCUT2D eigenvalue weighted by molar-refractivity contribution is -0.376. The molecule has 3 N–H and O–H groups in total. The van der Waals surface area contributed by atoms with Crippen molar-refractivity contribution in [3.8, 4) is 0 Å². The Morgan fingerprint density at radius 3 is 1.81 bits per heavy atom. The summed E-state index contributed by atoms with van der Waals surface area (Å²) in [6.07, 6.45) is -10.6. The van der Waals surface area contributed by atoms with Gasteiger partial charge < -0.3 is 15.5 Å². The molecular formula is C25H28F6N2O3. The van der Waals surface area contributed by atoms with E-state index in [0.29, 0.717) is 61.4 Å². The first-order valence-corrected chi connectivity index (χ1v) is 11.3. The molecule has 1 heterocycles. The van der Waals surface area contributed by atoms with Gasteiger partial charge in [0.05, 0.1) is 5.60 Å². The van der Waals surface area contributed by atoms with Crippen molar-refractivity contribution in [3.63, 3.8) is 0 Å². The van der Waals surface area contributed by atoms with Crippen molar-refractivity contribution in [3.05, 3.63) is 65.2 Å². The van der Waals surface area contributed by atoms with Gasteiger partial charge in [-0.1, -0.05) is 36.4 Å². The zero-order valence-corrected chi connectivity index (χ0v) is 19.7. The van der Waals surface area contributed by atoms with Gasteiger partial charge in [0.2, 0.25) is 5.91 Å². The number of anilines is 1. The van der Waals surface area contributed by atoms with Crippen molar-refractivity contribution in [2.24, 2.45) is 5.92 Å². The Morgan fingerprint density at radius 2 is 1.36 bits per heavy atom. The minimum absolute atomic E-state index is 0.0729. The fourth-order valence-corrected chi connectivity index (χ4v) is 4.58. The maximum Gasteiger partial charge on any atom is 0.430 e. The number of rotatable bonds is 6. The van der Waals surface area contributed by atoms with E-state index < -0.39 is 29.1 Å². The molecule has 1 aliphatic rings. The number of carbonyl (C=O) groups excluding carboxylic acids is 1. The molecule has 0 saturated carbocycles. The summed E-state index contributed by atoms with van der Waals surface area (Å²) < 4.78 is 78.4. The summed E-state index contributed by atoms with van der Waals surface area (Å²) in [6.45, 7) is 4.57. The molecule has 0 bridgehead atoms. The maximum absolute atomic E-state index is 13.1. The second-order valence-corrected chi connectivity index (χ2v) is 9.36. The van der Waals surface area contributed by atoms with Gasteiger partial charge in [-0.2, -0.15) is 26.3 Å². The van der Waals surface area contributed by atoms with Gasteiger partial charge in [0.1, 0.15) is 0 Å². The highest BCUT2D eigenvalue weighted by Crippen LogP contribution is 2.50. The normalized spacial score (nSPS) is 18.1. The Kier molecular flexibility index (Phi) is 7.78. The van der Waals surface area contributed by atoms with Gasteiger partial charge in [-0.25, -0.2) is 0 Å². The van der Waals surface area contributed by atoms with E-state index in [9.17, 15) is 41.4 Å². The lowest BCUT2D eigenvalue weighted by Gasteiger charge is -2.40. The van der Waals surface area contributed by atoms with Crippen LogP contribution in [0.2, 0.25) is 0 Å². The average Bonchev–Trinajstić information content (AvgIpc) is 2.78. The second-order valence-electron chi connectivity index (χ2n) is 9.36. The molecule has 1 amide bonds. The summed E-state index contributed by atoms with van der Waals surface area (Å²) in [5.74, 6) is -0.274. The monoisotopic (exact) mass is 518 g/mol. The predicted molar refractivity (Wildman–Crippen MR) is 121 cm³/mol. The largest absolute Gasteiger partial charge is 0.430 e. The van der Waals surface area contributed by atoms with Crippen LogP contribution in [0.1, 0.15) is 43.4 Å². The van der Waals surface area contributed by atoms with Crippen LogP contribution in [0, 0.1) is 5.92 Å². The average molecular weight is 518 g/mol. The van der Waals surface area contributed by atoms with Crippen LogP contribution in [-0.2, 0) is 22.5 Å². The number of amides is 1. The number of halogens is 6. The smallest absolute Gasteiger partial charge is 0.385 e. The SMILES string of the molecule is CC(=O)Nc1ccc(C(C)(O)C2CCN(Cc3ccc(C(O)(C(F)(F)F)C(F)(F)F)cc3)CC2)cc1. The van der Waals surface area contributed by atoms with E-state index in [0.717, 1.165) is 12.1 Å². The summed E-state index contributed by atoms with van der Waals surface area (Å²) in [7, 11) is 0. The van der Waals surface area contributed by atoms with E-state index in [4.69, 9.17) is 0 Å². The Morgan fingerprint density at radius 1 is 0.889 bits per heavy atom. The molecule has 1 fully saturated rings. The van der Waals surface area contributed by atoms with Gasteiger partial charge >= 0.3 is 12.4 Å². The molecule has 1 atom stereocenters. The lowest BCUT2D eigenvalue weighted by atomic mass is 9.77. The molecule has 3 rings (SSSR count). The van der Waals surface area contributed by atoms with Crippen molar-refractivity contribution in [1.29, 1.82) is 0 Å². The number of nitrogens with zero attached hydrogens (tertiary/aromatic N) is 1. The standard InChI is InChI=1S/C25H28F6N2O3/c1-16(34)32-21-9-7-18(8-10-21)22(2,35)19-11-13-33(14-12-19)15-17-3-5-20(6-4-17)23(36,24(26,27)28)25(29,30)31/h3-10,19,35-36H,11-15H2,1-2H3,(H,32,34). The first-order valence-electron chi connectivity index (χ1n) is 11.3. The highest BCUT2D eigenvalue weighted by atomic mass is 19.4. The van der Waals surface area contributed by atoms with Crippen LogP contribution in [0.3, 0.4) is 0 Å². The molecule has 11 heteroatoms. The molecular weight excluding hydrogens is 490 g/mol. The van der Waals surface area contributed by atoms with Gasteiger partial charge in [-0.15, -0.1) is 0 Å². The van der Waals surface area contributed by atoms with E-state index in [2.05, 4.69) is 5.32 Å². The number of nitrogens with one attached hydrogen (secondary N) is 1. The Labute approximate surface area is 204 Å². The molecule has 5 nitrogen and oxygen atoms in total. The molecule has 36 heavy (non-hydrogen) atoms. The van der Waals surface area contributed by atoms with Crippen molar-refractivity contribution in [2.45, 2.75) is 56.8 Å². The fraction of sp³-hybridized carbons (Fsp3) is 0.480. The van der Waals surface area contributed by atoms with Crippen molar-refractivity contribution in [2.75, 3.05) is 18.4 Å². The molecule has 198 valence electrons. The highest BCUT2D eigenvalue weighted by Gasteiger charge is 2.71. The third-order valence-electron chi connectivity index (χ3n) is 6.77. The summed E-state index contributed by atoms with van der Waals surface area (Å²) in [5, 5.41) is 23.4. The summed E-state index contributed by atoms with van der Waals surface area (Å²) in [5.41, 5.74) is -5.53. The number of piperidine rings is 1. The van der Waals surface area contributed by atoms with E-state index in [1.54, 1.807) is 31.2 Å². The Hall–Kier alpha value is -2.63. The first-order chi connectivity index (χ1) is 16.6. The predicted octanol–water partition coefficient (Wildman–Crippen LogP) is 5.08. The van der Waals surface area contributed by atoms with Crippen LogP contribution in [0.5, 0.6) is 0 Å². The quantitative estimate of drug-likeness (QED) is 0.467. The van der Waals surface area contributed by atoms with E-state index >= 15 is 0 Å². The molecule has 0 radical (unpaired) electrons. The van der Waals surface area contributed by atoms with Gasteiger partial charge in [-0.05, 0) is 62.0 Å². The first kappa shape index (κ1) is 27.9.